The zero-order valence-corrected chi connectivity index (χ0v) is 18.4. The number of carbonyl (C=O) groups is 1. The van der Waals surface area contributed by atoms with Crippen LogP contribution in [-0.2, 0) is 9.53 Å². The topological polar surface area (TPSA) is 54.5 Å². The molecule has 5 nitrogen and oxygen atoms in total. The fraction of sp³-hybridized carbons (Fsp3) is 0.462. The van der Waals surface area contributed by atoms with Gasteiger partial charge in [0.05, 0.1) is 11.7 Å². The van der Waals surface area contributed by atoms with Gasteiger partial charge in [0.2, 0.25) is 5.91 Å². The monoisotopic (exact) mass is 419 g/mol. The maximum atomic E-state index is 12.8. The standard InChI is InChI=1S/C26H33N3O2/c1-20(17-21-9-3-2-4-10-21)18-29-15-7-11-22(19-29)25(23-12-5-6-14-27-23)28-26(30)24-13-8-16-31-24/h2-6,9-10,12,14,17,22,24-25H,7-8,11,13,15-16,18-19H2,1H3,(H,28,30)/b20-17+. The Kier molecular flexibility index (Phi) is 7.49. The lowest BCUT2D eigenvalue weighted by atomic mass is 9.88. The lowest BCUT2D eigenvalue weighted by Gasteiger charge is -2.37. The highest BCUT2D eigenvalue weighted by atomic mass is 16.5. The highest BCUT2D eigenvalue weighted by molar-refractivity contribution is 5.81. The van der Waals surface area contributed by atoms with Gasteiger partial charge in [0.25, 0.3) is 0 Å². The van der Waals surface area contributed by atoms with Crippen molar-refractivity contribution >= 4 is 12.0 Å². The quantitative estimate of drug-likeness (QED) is 0.730. The number of pyridine rings is 1. The number of amides is 1. The molecule has 31 heavy (non-hydrogen) atoms. The second-order valence-corrected chi connectivity index (χ2v) is 8.78. The van der Waals surface area contributed by atoms with Crippen LogP contribution in [0.25, 0.3) is 6.08 Å². The first-order chi connectivity index (χ1) is 15.2. The van der Waals surface area contributed by atoms with Gasteiger partial charge in [-0.25, -0.2) is 0 Å². The smallest absolute Gasteiger partial charge is 0.249 e. The number of nitrogens with one attached hydrogen (secondary N) is 1. The van der Waals surface area contributed by atoms with Crippen LogP contribution >= 0.6 is 0 Å². The number of piperidine rings is 1. The minimum Gasteiger partial charge on any atom is -0.368 e. The van der Waals surface area contributed by atoms with Crippen molar-refractivity contribution in [3.05, 3.63) is 71.6 Å². The van der Waals surface area contributed by atoms with E-state index in [9.17, 15) is 4.79 Å². The summed E-state index contributed by atoms with van der Waals surface area (Å²) in [5.41, 5.74) is 3.53. The highest BCUT2D eigenvalue weighted by Crippen LogP contribution is 2.30. The van der Waals surface area contributed by atoms with Crippen LogP contribution in [0.3, 0.4) is 0 Å². The Morgan fingerprint density at radius 2 is 2.03 bits per heavy atom. The summed E-state index contributed by atoms with van der Waals surface area (Å²) in [6.45, 7) is 5.86. The van der Waals surface area contributed by atoms with Crippen LogP contribution in [0.4, 0.5) is 0 Å². The third-order valence-electron chi connectivity index (χ3n) is 6.23. The molecular weight excluding hydrogens is 386 g/mol. The van der Waals surface area contributed by atoms with Gasteiger partial charge in [-0.3, -0.25) is 14.7 Å². The van der Waals surface area contributed by atoms with E-state index in [1.165, 1.54) is 11.1 Å². The van der Waals surface area contributed by atoms with Crippen LogP contribution in [0.2, 0.25) is 0 Å². The fourth-order valence-corrected chi connectivity index (χ4v) is 4.76. The van der Waals surface area contributed by atoms with E-state index in [-0.39, 0.29) is 18.1 Å². The van der Waals surface area contributed by atoms with Gasteiger partial charge in [0, 0.05) is 25.9 Å². The summed E-state index contributed by atoms with van der Waals surface area (Å²) in [5.74, 6) is 0.337. The molecule has 0 bridgehead atoms. The van der Waals surface area contributed by atoms with Crippen LogP contribution in [-0.4, -0.2) is 48.1 Å². The van der Waals surface area contributed by atoms with Crippen molar-refractivity contribution in [1.29, 1.82) is 0 Å². The van der Waals surface area contributed by atoms with Crippen molar-refractivity contribution in [3.8, 4) is 0 Å². The Hall–Kier alpha value is -2.50. The predicted molar refractivity (Wildman–Crippen MR) is 123 cm³/mol. The zero-order valence-electron chi connectivity index (χ0n) is 18.4. The second-order valence-electron chi connectivity index (χ2n) is 8.78. The minimum atomic E-state index is -0.318. The summed E-state index contributed by atoms with van der Waals surface area (Å²) >= 11 is 0. The molecule has 0 spiro atoms. The number of benzene rings is 1. The van der Waals surface area contributed by atoms with E-state index in [1.54, 1.807) is 0 Å². The molecule has 2 aliphatic heterocycles. The van der Waals surface area contributed by atoms with Crippen LogP contribution in [0.5, 0.6) is 0 Å². The van der Waals surface area contributed by atoms with Crippen molar-refractivity contribution in [3.63, 3.8) is 0 Å². The van der Waals surface area contributed by atoms with E-state index in [0.717, 1.165) is 51.0 Å². The van der Waals surface area contributed by atoms with E-state index >= 15 is 0 Å². The van der Waals surface area contributed by atoms with Crippen LogP contribution in [0.15, 0.2) is 60.3 Å². The van der Waals surface area contributed by atoms with E-state index in [0.29, 0.717) is 12.5 Å². The summed E-state index contributed by atoms with van der Waals surface area (Å²) in [6.07, 6.45) is 7.74. The van der Waals surface area contributed by atoms with Gasteiger partial charge in [0.15, 0.2) is 0 Å². The molecule has 5 heteroatoms. The highest BCUT2D eigenvalue weighted by Gasteiger charge is 2.33. The molecule has 0 radical (unpaired) electrons. The van der Waals surface area contributed by atoms with Gasteiger partial charge in [-0.2, -0.15) is 0 Å². The first-order valence-corrected chi connectivity index (χ1v) is 11.5. The van der Waals surface area contributed by atoms with E-state index in [4.69, 9.17) is 4.74 Å². The number of aromatic nitrogens is 1. The molecule has 164 valence electrons. The Morgan fingerprint density at radius 3 is 2.77 bits per heavy atom. The molecule has 3 heterocycles. The average molecular weight is 420 g/mol. The molecule has 2 saturated heterocycles. The summed E-state index contributed by atoms with van der Waals surface area (Å²) in [5, 5.41) is 3.29. The number of ether oxygens (including phenoxy) is 1. The van der Waals surface area contributed by atoms with E-state index in [1.807, 2.05) is 30.5 Å². The molecular formula is C26H33N3O2. The lowest BCUT2D eigenvalue weighted by molar-refractivity contribution is -0.131. The molecule has 1 aromatic carbocycles. The summed E-state index contributed by atoms with van der Waals surface area (Å²) in [6, 6.07) is 16.3. The predicted octanol–water partition coefficient (Wildman–Crippen LogP) is 4.23. The first kappa shape index (κ1) is 21.7. The second kappa shape index (κ2) is 10.7. The summed E-state index contributed by atoms with van der Waals surface area (Å²) in [7, 11) is 0. The van der Waals surface area contributed by atoms with Gasteiger partial charge in [-0.1, -0.05) is 48.0 Å². The van der Waals surface area contributed by atoms with Crippen molar-refractivity contribution in [1.82, 2.24) is 15.2 Å². The molecule has 0 saturated carbocycles. The summed E-state index contributed by atoms with van der Waals surface area (Å²) in [4.78, 5) is 19.9. The molecule has 2 aliphatic rings. The number of carbonyl (C=O) groups excluding carboxylic acids is 1. The Morgan fingerprint density at radius 1 is 1.19 bits per heavy atom. The number of hydrogen-bond acceptors (Lipinski definition) is 4. The third kappa shape index (κ3) is 6.02. The molecule has 3 unspecified atom stereocenters. The van der Waals surface area contributed by atoms with Gasteiger partial charge in [-0.05, 0) is 62.8 Å². The van der Waals surface area contributed by atoms with Gasteiger partial charge in [-0.15, -0.1) is 0 Å². The molecule has 3 atom stereocenters. The van der Waals surface area contributed by atoms with Gasteiger partial charge in [0.1, 0.15) is 6.10 Å². The van der Waals surface area contributed by atoms with Crippen LogP contribution in [0, 0.1) is 5.92 Å². The molecule has 0 aliphatic carbocycles. The van der Waals surface area contributed by atoms with Gasteiger partial charge < -0.3 is 10.1 Å². The Balaban J connectivity index is 1.44. The van der Waals surface area contributed by atoms with Crippen molar-refractivity contribution in [2.24, 2.45) is 5.92 Å². The SMILES string of the molecule is C/C(=C\c1ccccc1)CN1CCCC(C(NC(=O)C2CCCO2)c2ccccn2)C1. The molecule has 1 N–H and O–H groups in total. The number of likely N-dealkylation sites (tertiary alicyclic amines) is 1. The largest absolute Gasteiger partial charge is 0.368 e. The lowest BCUT2D eigenvalue weighted by Crippen LogP contribution is -2.45. The van der Waals surface area contributed by atoms with E-state index in [2.05, 4.69) is 52.5 Å². The van der Waals surface area contributed by atoms with Crippen molar-refractivity contribution in [2.75, 3.05) is 26.2 Å². The average Bonchev–Trinajstić information content (AvgIpc) is 3.34. The first-order valence-electron chi connectivity index (χ1n) is 11.5. The molecule has 1 amide bonds. The van der Waals surface area contributed by atoms with Crippen molar-refractivity contribution in [2.45, 2.75) is 44.8 Å². The number of hydrogen-bond donors (Lipinski definition) is 1. The molecule has 2 fully saturated rings. The number of nitrogens with zero attached hydrogens (tertiary/aromatic N) is 2. The maximum absolute atomic E-state index is 12.8. The van der Waals surface area contributed by atoms with Crippen LogP contribution in [0.1, 0.15) is 49.9 Å². The summed E-state index contributed by atoms with van der Waals surface area (Å²) < 4.78 is 5.62. The molecule has 4 rings (SSSR count). The number of rotatable bonds is 7. The van der Waals surface area contributed by atoms with Crippen molar-refractivity contribution < 1.29 is 9.53 Å². The Bertz CT molecular complexity index is 863. The zero-order chi connectivity index (χ0) is 21.5. The fourth-order valence-electron chi connectivity index (χ4n) is 4.76. The van der Waals surface area contributed by atoms with E-state index < -0.39 is 0 Å². The maximum Gasteiger partial charge on any atom is 0.249 e. The third-order valence-corrected chi connectivity index (χ3v) is 6.23. The van der Waals surface area contributed by atoms with Gasteiger partial charge >= 0.3 is 0 Å². The minimum absolute atomic E-state index is 0.00503. The normalized spacial score (nSPS) is 23.5. The molecule has 2 aromatic rings. The van der Waals surface area contributed by atoms with Crippen LogP contribution < -0.4 is 5.32 Å². The molecule has 1 aromatic heterocycles. The Labute approximate surface area is 185 Å².